The van der Waals surface area contributed by atoms with E-state index in [2.05, 4.69) is 37.4 Å². The second-order valence-corrected chi connectivity index (χ2v) is 12.5. The Labute approximate surface area is 187 Å². The lowest BCUT2D eigenvalue weighted by molar-refractivity contribution is -0.00136. The first kappa shape index (κ1) is 18.1. The van der Waals surface area contributed by atoms with Crippen molar-refractivity contribution in [1.29, 1.82) is 0 Å². The van der Waals surface area contributed by atoms with Crippen LogP contribution in [0, 0.1) is 47.3 Å². The van der Waals surface area contributed by atoms with Crippen LogP contribution < -0.4 is 0 Å². The largest absolute Gasteiger partial charge is 0.369 e. The average Bonchev–Trinajstić information content (AvgIpc) is 2.89. The molecule has 0 amide bonds. The van der Waals surface area contributed by atoms with Gasteiger partial charge in [0.25, 0.3) is 0 Å². The van der Waals surface area contributed by atoms with E-state index in [-0.39, 0.29) is 5.60 Å². The van der Waals surface area contributed by atoms with Crippen LogP contribution in [0.4, 0.5) is 0 Å². The van der Waals surface area contributed by atoms with Gasteiger partial charge in [0.05, 0.1) is 0 Å². The van der Waals surface area contributed by atoms with E-state index >= 15 is 0 Å². The van der Waals surface area contributed by atoms with E-state index in [0.29, 0.717) is 5.92 Å². The van der Waals surface area contributed by atoms with Crippen LogP contribution in [0.2, 0.25) is 0 Å². The summed E-state index contributed by atoms with van der Waals surface area (Å²) in [4.78, 5) is 0. The molecule has 9 atom stereocenters. The quantitative estimate of drug-likeness (QED) is 0.506. The van der Waals surface area contributed by atoms with Crippen molar-refractivity contribution in [2.75, 3.05) is 7.11 Å². The fraction of sp³-hybridized carbons (Fsp3) is 0.667. The molecular weight excluding hydrogens is 376 g/mol. The van der Waals surface area contributed by atoms with Crippen LogP contribution in [0.3, 0.4) is 0 Å². The molecule has 1 heteroatoms. The molecule has 8 bridgehead atoms. The number of ether oxygens (including phenoxy) is 1. The molecule has 0 saturated heterocycles. The molecule has 8 saturated carbocycles. The van der Waals surface area contributed by atoms with E-state index in [1.54, 1.807) is 5.57 Å². The summed E-state index contributed by atoms with van der Waals surface area (Å²) in [5.74, 6) is 6.98. The normalized spacial score (nSPS) is 48.8. The van der Waals surface area contributed by atoms with Gasteiger partial charge in [0, 0.05) is 7.11 Å². The Morgan fingerprint density at radius 2 is 1.19 bits per heavy atom. The summed E-state index contributed by atoms with van der Waals surface area (Å²) in [6.45, 7) is 0. The maximum atomic E-state index is 6.95. The SMILES string of the molecule is CO[C@]12C(c3ccccc3)=C3C(=C1C1C[C@@H]4CC2C[C@H](C1)C4)C1C[C@H]2CC3C[C@@H](C1)C2. The number of allylic oxidation sites excluding steroid dienone is 2. The predicted molar refractivity (Wildman–Crippen MR) is 124 cm³/mol. The fourth-order valence-corrected chi connectivity index (χ4v) is 10.7. The van der Waals surface area contributed by atoms with E-state index in [4.69, 9.17) is 4.74 Å². The third-order valence-electron chi connectivity index (χ3n) is 11.1. The third-order valence-corrected chi connectivity index (χ3v) is 11.1. The molecule has 9 aliphatic carbocycles. The van der Waals surface area contributed by atoms with Crippen LogP contribution >= 0.6 is 0 Å². The molecule has 0 spiro atoms. The number of hydrogen-bond acceptors (Lipinski definition) is 1. The molecule has 1 aromatic rings. The van der Waals surface area contributed by atoms with Gasteiger partial charge in [-0.2, -0.15) is 0 Å². The summed E-state index contributed by atoms with van der Waals surface area (Å²) in [6, 6.07) is 11.6. The second-order valence-electron chi connectivity index (χ2n) is 12.5. The molecule has 1 aromatic carbocycles. The number of benzene rings is 1. The Bertz CT molecular complexity index is 972. The van der Waals surface area contributed by atoms with Crippen molar-refractivity contribution in [3.05, 3.63) is 52.6 Å². The highest BCUT2D eigenvalue weighted by molar-refractivity contribution is 5.88. The van der Waals surface area contributed by atoms with Crippen LogP contribution in [-0.2, 0) is 4.74 Å². The zero-order chi connectivity index (χ0) is 20.3. The lowest BCUT2D eigenvalue weighted by Gasteiger charge is -2.44. The standard InChI is InChI=1S/C30H36O/c1-31-30-25-15-19-8-20(16-25)14-24(13-19)29(30)27-23-11-17-7-18(12-23)10-22(9-17)26(27)28(30)21-5-3-2-4-6-21/h2-6,17-20,22-25H,7-16H2,1H3/t17-,18+,19-,20+,22?,23?,24?,25?,30-/m1/s1. The van der Waals surface area contributed by atoms with Crippen LogP contribution in [0.5, 0.6) is 0 Å². The Kier molecular flexibility index (Phi) is 3.60. The number of methoxy groups -OCH3 is 1. The maximum absolute atomic E-state index is 6.95. The molecule has 162 valence electrons. The van der Waals surface area contributed by atoms with Crippen LogP contribution in [0.1, 0.15) is 69.8 Å². The van der Waals surface area contributed by atoms with Gasteiger partial charge in [0.2, 0.25) is 0 Å². The monoisotopic (exact) mass is 412 g/mol. The molecule has 4 unspecified atom stereocenters. The molecule has 31 heavy (non-hydrogen) atoms. The zero-order valence-corrected chi connectivity index (χ0v) is 19.0. The highest BCUT2D eigenvalue weighted by Crippen LogP contribution is 2.70. The Morgan fingerprint density at radius 1 is 0.645 bits per heavy atom. The lowest BCUT2D eigenvalue weighted by atomic mass is 9.64. The highest BCUT2D eigenvalue weighted by atomic mass is 16.5. The molecule has 0 radical (unpaired) electrons. The van der Waals surface area contributed by atoms with Crippen LogP contribution in [0.15, 0.2) is 47.1 Å². The van der Waals surface area contributed by atoms with Gasteiger partial charge in [-0.1, -0.05) is 30.3 Å². The van der Waals surface area contributed by atoms with E-state index < -0.39 is 0 Å². The van der Waals surface area contributed by atoms with Gasteiger partial charge in [0.1, 0.15) is 5.60 Å². The van der Waals surface area contributed by atoms with Gasteiger partial charge in [-0.15, -0.1) is 0 Å². The summed E-state index contributed by atoms with van der Waals surface area (Å²) >= 11 is 0. The van der Waals surface area contributed by atoms with Crippen molar-refractivity contribution in [1.82, 2.24) is 0 Å². The first-order valence-electron chi connectivity index (χ1n) is 13.3. The second kappa shape index (κ2) is 6.16. The molecule has 0 N–H and O–H groups in total. The first-order chi connectivity index (χ1) is 15.2. The van der Waals surface area contributed by atoms with Crippen LogP contribution in [-0.4, -0.2) is 12.7 Å². The number of hydrogen-bond donors (Lipinski definition) is 0. The Hall–Kier alpha value is -1.34. The summed E-state index contributed by atoms with van der Waals surface area (Å²) in [6.07, 6.45) is 14.6. The number of rotatable bonds is 2. The van der Waals surface area contributed by atoms with E-state index in [1.165, 1.54) is 69.8 Å². The van der Waals surface area contributed by atoms with Crippen molar-refractivity contribution in [2.45, 2.75) is 69.8 Å². The highest BCUT2D eigenvalue weighted by Gasteiger charge is 2.63. The minimum absolute atomic E-state index is 0.115. The first-order valence-corrected chi connectivity index (χ1v) is 13.3. The van der Waals surface area contributed by atoms with Crippen molar-refractivity contribution in [3.8, 4) is 0 Å². The van der Waals surface area contributed by atoms with Crippen molar-refractivity contribution in [2.24, 2.45) is 47.3 Å². The summed E-state index contributed by atoms with van der Waals surface area (Å²) in [5.41, 5.74) is 8.58. The van der Waals surface area contributed by atoms with Crippen molar-refractivity contribution in [3.63, 3.8) is 0 Å². The minimum Gasteiger partial charge on any atom is -0.369 e. The van der Waals surface area contributed by atoms with Gasteiger partial charge in [-0.25, -0.2) is 0 Å². The van der Waals surface area contributed by atoms with Gasteiger partial charge in [0.15, 0.2) is 0 Å². The molecule has 0 aromatic heterocycles. The summed E-state index contributed by atoms with van der Waals surface area (Å²) in [7, 11) is 2.08. The van der Waals surface area contributed by atoms with E-state index in [9.17, 15) is 0 Å². The molecule has 8 fully saturated rings. The third kappa shape index (κ3) is 2.23. The Morgan fingerprint density at radius 3 is 1.81 bits per heavy atom. The van der Waals surface area contributed by atoms with Crippen LogP contribution in [0.25, 0.3) is 5.57 Å². The molecule has 10 rings (SSSR count). The topological polar surface area (TPSA) is 9.23 Å². The zero-order valence-electron chi connectivity index (χ0n) is 19.0. The molecule has 9 aliphatic rings. The smallest absolute Gasteiger partial charge is 0.118 e. The van der Waals surface area contributed by atoms with E-state index in [0.717, 1.165) is 41.4 Å². The lowest BCUT2D eigenvalue weighted by Crippen LogP contribution is -2.43. The fourth-order valence-electron chi connectivity index (χ4n) is 10.7. The van der Waals surface area contributed by atoms with Gasteiger partial charge < -0.3 is 4.74 Å². The van der Waals surface area contributed by atoms with Gasteiger partial charge >= 0.3 is 0 Å². The Balaban J connectivity index is 1.46. The molecular formula is C30H36O. The minimum atomic E-state index is -0.115. The van der Waals surface area contributed by atoms with E-state index in [1.807, 2.05) is 16.7 Å². The molecule has 1 nitrogen and oxygen atoms in total. The van der Waals surface area contributed by atoms with Crippen molar-refractivity contribution < 1.29 is 4.74 Å². The van der Waals surface area contributed by atoms with Crippen molar-refractivity contribution >= 4 is 5.57 Å². The van der Waals surface area contributed by atoms with Gasteiger partial charge in [-0.05, 0) is 139 Å². The summed E-state index contributed by atoms with van der Waals surface area (Å²) < 4.78 is 6.95. The maximum Gasteiger partial charge on any atom is 0.118 e. The average molecular weight is 413 g/mol. The van der Waals surface area contributed by atoms with Gasteiger partial charge in [-0.3, -0.25) is 0 Å². The molecule has 0 aliphatic heterocycles. The summed E-state index contributed by atoms with van der Waals surface area (Å²) in [5, 5.41) is 0. The predicted octanol–water partition coefficient (Wildman–Crippen LogP) is 7.05. The molecule has 0 heterocycles.